The summed E-state index contributed by atoms with van der Waals surface area (Å²) in [5.41, 5.74) is 13.4. The van der Waals surface area contributed by atoms with Crippen LogP contribution in [0.2, 0.25) is 5.02 Å². The first kappa shape index (κ1) is 17.4. The summed E-state index contributed by atoms with van der Waals surface area (Å²) in [6, 6.07) is 10.5. The molecule has 0 fully saturated rings. The molecule has 0 bridgehead atoms. The van der Waals surface area contributed by atoms with Crippen LogP contribution in [0.15, 0.2) is 48.9 Å². The van der Waals surface area contributed by atoms with Gasteiger partial charge in [-0.3, -0.25) is 20.6 Å². The van der Waals surface area contributed by atoms with Crippen molar-refractivity contribution in [2.45, 2.75) is 6.92 Å². The van der Waals surface area contributed by atoms with Gasteiger partial charge in [-0.2, -0.15) is 0 Å². The van der Waals surface area contributed by atoms with Crippen molar-refractivity contribution in [1.82, 2.24) is 20.4 Å². The number of hydrazine groups is 1. The molecule has 5 N–H and O–H groups in total. The highest BCUT2D eigenvalue weighted by molar-refractivity contribution is 6.31. The number of carbonyl (C=O) groups excluding carboxylic acids is 1. The Kier molecular flexibility index (Phi) is 5.14. The normalized spacial score (nSPS) is 10.2. The lowest BCUT2D eigenvalue weighted by Gasteiger charge is -2.13. The maximum Gasteiger partial charge on any atom is 0.288 e. The molecule has 3 rings (SSSR count). The molecule has 0 spiro atoms. The van der Waals surface area contributed by atoms with E-state index in [2.05, 4.69) is 31.1 Å². The van der Waals surface area contributed by atoms with E-state index in [4.69, 9.17) is 17.3 Å². The number of anilines is 4. The van der Waals surface area contributed by atoms with Crippen molar-refractivity contribution in [2.24, 2.45) is 0 Å². The number of nitrogens with one attached hydrogen (secondary N) is 3. The minimum atomic E-state index is -0.413. The summed E-state index contributed by atoms with van der Waals surface area (Å²) in [6.07, 6.45) is 2.85. The van der Waals surface area contributed by atoms with Crippen molar-refractivity contribution in [2.75, 3.05) is 16.5 Å². The number of aromatic nitrogens is 3. The molecule has 0 aliphatic heterocycles. The van der Waals surface area contributed by atoms with Crippen molar-refractivity contribution in [3.8, 4) is 0 Å². The Balaban J connectivity index is 1.72. The number of benzene rings is 1. The van der Waals surface area contributed by atoms with Crippen molar-refractivity contribution in [1.29, 1.82) is 0 Å². The van der Waals surface area contributed by atoms with Gasteiger partial charge in [-0.1, -0.05) is 23.7 Å². The van der Waals surface area contributed by atoms with Crippen LogP contribution in [0.25, 0.3) is 0 Å². The molecule has 0 saturated heterocycles. The van der Waals surface area contributed by atoms with Gasteiger partial charge in [0.25, 0.3) is 5.91 Å². The van der Waals surface area contributed by atoms with Gasteiger partial charge >= 0.3 is 0 Å². The number of hydrogen-bond acceptors (Lipinski definition) is 7. The van der Waals surface area contributed by atoms with Gasteiger partial charge in [-0.05, 0) is 36.8 Å². The molecular formula is C17H16ClN7O. The number of hydrogen-bond donors (Lipinski definition) is 4. The Morgan fingerprint density at radius 1 is 1.12 bits per heavy atom. The van der Waals surface area contributed by atoms with E-state index in [1.54, 1.807) is 24.3 Å². The van der Waals surface area contributed by atoms with E-state index in [1.165, 1.54) is 12.5 Å². The highest BCUT2D eigenvalue weighted by Gasteiger charge is 2.11. The van der Waals surface area contributed by atoms with Crippen molar-refractivity contribution < 1.29 is 4.79 Å². The molecule has 132 valence electrons. The summed E-state index contributed by atoms with van der Waals surface area (Å²) < 4.78 is 0. The summed E-state index contributed by atoms with van der Waals surface area (Å²) in [7, 11) is 0. The molecule has 3 aromatic rings. The summed E-state index contributed by atoms with van der Waals surface area (Å²) in [5, 5.41) is 3.70. The fourth-order valence-corrected chi connectivity index (χ4v) is 2.26. The first-order valence-corrected chi connectivity index (χ1v) is 8.03. The molecule has 9 heteroatoms. The number of rotatable bonds is 5. The van der Waals surface area contributed by atoms with E-state index < -0.39 is 5.91 Å². The summed E-state index contributed by atoms with van der Waals surface area (Å²) in [6.45, 7) is 1.91. The zero-order valence-corrected chi connectivity index (χ0v) is 14.6. The molecule has 0 aliphatic rings. The Hall–Kier alpha value is -3.39. The number of amides is 1. The summed E-state index contributed by atoms with van der Waals surface area (Å²) in [4.78, 5) is 24.1. The van der Waals surface area contributed by atoms with Crippen molar-refractivity contribution >= 4 is 40.5 Å². The largest absolute Gasteiger partial charge is 0.393 e. The van der Waals surface area contributed by atoms with Crippen LogP contribution in [0.5, 0.6) is 0 Å². The van der Waals surface area contributed by atoms with Gasteiger partial charge in [0.2, 0.25) is 0 Å². The number of carbonyl (C=O) groups is 1. The second kappa shape index (κ2) is 7.66. The Morgan fingerprint density at radius 2 is 1.92 bits per heavy atom. The molecule has 0 unspecified atom stereocenters. The van der Waals surface area contributed by atoms with Crippen LogP contribution in [0.1, 0.15) is 16.1 Å². The van der Waals surface area contributed by atoms with Crippen LogP contribution in [0.4, 0.5) is 23.0 Å². The van der Waals surface area contributed by atoms with Gasteiger partial charge in [0.1, 0.15) is 17.7 Å². The average molecular weight is 370 g/mol. The molecular weight excluding hydrogens is 354 g/mol. The van der Waals surface area contributed by atoms with Crippen molar-refractivity contribution in [3.05, 3.63) is 65.2 Å². The van der Waals surface area contributed by atoms with Crippen LogP contribution >= 0.6 is 11.6 Å². The van der Waals surface area contributed by atoms with Gasteiger partial charge in [-0.25, -0.2) is 9.97 Å². The second-order valence-electron chi connectivity index (χ2n) is 5.37. The van der Waals surface area contributed by atoms with Crippen LogP contribution < -0.4 is 21.9 Å². The third-order valence-electron chi connectivity index (χ3n) is 3.51. The summed E-state index contributed by atoms with van der Waals surface area (Å²) >= 11 is 6.12. The quantitative estimate of drug-likeness (QED) is 0.510. The Labute approximate surface area is 154 Å². The third-order valence-corrected chi connectivity index (χ3v) is 3.92. The zero-order chi connectivity index (χ0) is 18.5. The lowest BCUT2D eigenvalue weighted by molar-refractivity contribution is 0.0957. The van der Waals surface area contributed by atoms with Gasteiger partial charge < -0.3 is 11.1 Å². The highest BCUT2D eigenvalue weighted by Crippen LogP contribution is 2.27. The first-order valence-electron chi connectivity index (χ1n) is 7.65. The fraction of sp³-hybridized carbons (Fsp3) is 0.0588. The van der Waals surface area contributed by atoms with Crippen LogP contribution in [-0.2, 0) is 0 Å². The SMILES string of the molecule is Cc1ccc(Nc2ncnc(NNC(=O)c3ccccn3)c2N)cc1Cl. The predicted molar refractivity (Wildman–Crippen MR) is 101 cm³/mol. The molecule has 1 aromatic carbocycles. The van der Waals surface area contributed by atoms with Crippen LogP contribution in [0, 0.1) is 6.92 Å². The zero-order valence-electron chi connectivity index (χ0n) is 13.8. The maximum atomic E-state index is 12.0. The summed E-state index contributed by atoms with van der Waals surface area (Å²) in [5.74, 6) is 0.225. The number of nitrogen functional groups attached to an aromatic ring is 1. The number of nitrogens with zero attached hydrogens (tertiary/aromatic N) is 3. The number of pyridine rings is 1. The molecule has 0 saturated carbocycles. The Bertz CT molecular complexity index is 934. The third kappa shape index (κ3) is 3.98. The molecule has 2 aromatic heterocycles. The first-order chi connectivity index (χ1) is 12.5. The van der Waals surface area contributed by atoms with Crippen molar-refractivity contribution in [3.63, 3.8) is 0 Å². The van der Waals surface area contributed by atoms with Gasteiger partial charge in [-0.15, -0.1) is 0 Å². The van der Waals surface area contributed by atoms with E-state index in [0.717, 1.165) is 11.3 Å². The van der Waals surface area contributed by atoms with E-state index >= 15 is 0 Å². The topological polar surface area (TPSA) is 118 Å². The lowest BCUT2D eigenvalue weighted by Crippen LogP contribution is -2.31. The maximum absolute atomic E-state index is 12.0. The van der Waals surface area contributed by atoms with Gasteiger partial charge in [0, 0.05) is 16.9 Å². The minimum absolute atomic E-state index is 0.241. The smallest absolute Gasteiger partial charge is 0.288 e. The van der Waals surface area contributed by atoms with E-state index in [9.17, 15) is 4.79 Å². The van der Waals surface area contributed by atoms with Gasteiger partial charge in [0.05, 0.1) is 0 Å². The molecule has 1 amide bonds. The van der Waals surface area contributed by atoms with Crippen LogP contribution in [-0.4, -0.2) is 20.9 Å². The van der Waals surface area contributed by atoms with E-state index in [1.807, 2.05) is 19.1 Å². The standard InChI is InChI=1S/C17H16ClN7O/c1-10-5-6-11(8-12(10)18)23-15-14(19)16(22-9-21-15)24-25-17(26)13-4-2-3-7-20-13/h2-9H,19H2,1H3,(H,25,26)(H2,21,22,23,24). The van der Waals surface area contributed by atoms with E-state index in [0.29, 0.717) is 10.8 Å². The lowest BCUT2D eigenvalue weighted by atomic mass is 10.2. The van der Waals surface area contributed by atoms with Gasteiger partial charge in [0.15, 0.2) is 11.6 Å². The molecule has 0 radical (unpaired) electrons. The number of aryl methyl sites for hydroxylation is 1. The molecule has 2 heterocycles. The van der Waals surface area contributed by atoms with E-state index in [-0.39, 0.29) is 17.2 Å². The molecule has 8 nitrogen and oxygen atoms in total. The molecule has 26 heavy (non-hydrogen) atoms. The minimum Gasteiger partial charge on any atom is -0.393 e. The highest BCUT2D eigenvalue weighted by atomic mass is 35.5. The van der Waals surface area contributed by atoms with Crippen LogP contribution in [0.3, 0.4) is 0 Å². The number of halogens is 1. The molecule has 0 atom stereocenters. The predicted octanol–water partition coefficient (Wildman–Crippen LogP) is 2.92. The monoisotopic (exact) mass is 369 g/mol. The second-order valence-corrected chi connectivity index (χ2v) is 5.77. The fourth-order valence-electron chi connectivity index (χ4n) is 2.08. The Morgan fingerprint density at radius 3 is 2.65 bits per heavy atom. The average Bonchev–Trinajstić information content (AvgIpc) is 2.66. The number of nitrogens with two attached hydrogens (primary N) is 1. The molecule has 0 aliphatic carbocycles.